The summed E-state index contributed by atoms with van der Waals surface area (Å²) in [4.78, 5) is 29.8. The summed E-state index contributed by atoms with van der Waals surface area (Å²) in [5, 5.41) is 14.7. The molecule has 3 aromatic heterocycles. The molecule has 0 aliphatic rings. The van der Waals surface area contributed by atoms with E-state index in [1.54, 1.807) is 51.8 Å². The molecule has 0 amide bonds. The van der Waals surface area contributed by atoms with Crippen molar-refractivity contribution < 1.29 is 5.11 Å². The number of nitrogens with one attached hydrogen (secondary N) is 1. The number of aliphatic imine (C=N–C) groups is 1. The summed E-state index contributed by atoms with van der Waals surface area (Å²) in [7, 11) is 1.72. The normalized spacial score (nSPS) is 12.4. The van der Waals surface area contributed by atoms with E-state index >= 15 is 0 Å². The Morgan fingerprint density at radius 2 is 1.97 bits per heavy atom. The first-order chi connectivity index (χ1) is 17.6. The molecule has 0 saturated carbocycles. The SMILES string of the molecule is Cn1cc(-c2ccc3nc(C(C=NCC(C)(C)O)=CN)nc(NCc4cncc(Cl)c4)c3c2)ccc1=O. The number of pyridine rings is 2. The zero-order valence-corrected chi connectivity index (χ0v) is 21.6. The van der Waals surface area contributed by atoms with Crippen LogP contribution in [0.1, 0.15) is 25.2 Å². The Hall–Kier alpha value is -4.08. The Morgan fingerprint density at radius 1 is 1.19 bits per heavy atom. The molecule has 0 aliphatic carbocycles. The molecule has 0 atom stereocenters. The number of nitrogens with zero attached hydrogens (tertiary/aromatic N) is 5. The van der Waals surface area contributed by atoms with Crippen molar-refractivity contribution >= 4 is 40.1 Å². The zero-order valence-electron chi connectivity index (χ0n) is 20.8. The van der Waals surface area contributed by atoms with E-state index in [4.69, 9.17) is 27.3 Å². The predicted molar refractivity (Wildman–Crippen MR) is 149 cm³/mol. The number of rotatable bonds is 8. The van der Waals surface area contributed by atoms with Gasteiger partial charge >= 0.3 is 0 Å². The first-order valence-electron chi connectivity index (χ1n) is 11.6. The van der Waals surface area contributed by atoms with Crippen LogP contribution in [0.25, 0.3) is 27.6 Å². The van der Waals surface area contributed by atoms with Crippen molar-refractivity contribution in [2.75, 3.05) is 11.9 Å². The maximum absolute atomic E-state index is 11.9. The van der Waals surface area contributed by atoms with Crippen LogP contribution in [-0.4, -0.2) is 43.0 Å². The van der Waals surface area contributed by atoms with Crippen molar-refractivity contribution in [3.63, 3.8) is 0 Å². The van der Waals surface area contributed by atoms with E-state index < -0.39 is 5.60 Å². The van der Waals surface area contributed by atoms with Crippen LogP contribution in [0, 0.1) is 0 Å². The van der Waals surface area contributed by atoms with Gasteiger partial charge < -0.3 is 20.7 Å². The maximum Gasteiger partial charge on any atom is 0.250 e. The van der Waals surface area contributed by atoms with Crippen LogP contribution >= 0.6 is 11.6 Å². The fraction of sp³-hybridized carbons (Fsp3) is 0.222. The number of nitrogens with two attached hydrogens (primary N) is 1. The highest BCUT2D eigenvalue weighted by Crippen LogP contribution is 2.28. The summed E-state index contributed by atoms with van der Waals surface area (Å²) in [6.07, 6.45) is 8.04. The van der Waals surface area contributed by atoms with Crippen molar-refractivity contribution in [2.24, 2.45) is 17.8 Å². The van der Waals surface area contributed by atoms with E-state index in [9.17, 15) is 9.90 Å². The quantitative estimate of drug-likeness (QED) is 0.303. The lowest BCUT2D eigenvalue weighted by Gasteiger charge is -2.14. The van der Waals surface area contributed by atoms with E-state index in [1.165, 1.54) is 16.8 Å². The van der Waals surface area contributed by atoms with Gasteiger partial charge in [0.15, 0.2) is 5.82 Å². The number of hydrogen-bond acceptors (Lipinski definition) is 8. The van der Waals surface area contributed by atoms with Gasteiger partial charge in [0.25, 0.3) is 0 Å². The number of hydrogen-bond donors (Lipinski definition) is 3. The molecule has 9 nitrogen and oxygen atoms in total. The Morgan fingerprint density at radius 3 is 2.68 bits per heavy atom. The molecule has 3 heterocycles. The molecule has 4 N–H and O–H groups in total. The molecular weight excluding hydrogens is 490 g/mol. The fourth-order valence-corrected chi connectivity index (χ4v) is 3.81. The Bertz CT molecular complexity index is 1550. The van der Waals surface area contributed by atoms with Crippen molar-refractivity contribution in [3.8, 4) is 11.1 Å². The topological polar surface area (TPSA) is 131 Å². The molecule has 0 spiro atoms. The van der Waals surface area contributed by atoms with E-state index in [0.29, 0.717) is 34.3 Å². The van der Waals surface area contributed by atoms with Crippen molar-refractivity contribution in [1.82, 2.24) is 19.5 Å². The number of aromatic nitrogens is 4. The molecule has 0 fully saturated rings. The average Bonchev–Trinajstić information content (AvgIpc) is 2.86. The van der Waals surface area contributed by atoms with Crippen molar-refractivity contribution in [3.05, 3.63) is 88.0 Å². The number of aryl methyl sites for hydroxylation is 1. The second kappa shape index (κ2) is 10.9. The van der Waals surface area contributed by atoms with Crippen molar-refractivity contribution in [2.45, 2.75) is 26.0 Å². The molecule has 0 radical (unpaired) electrons. The monoisotopic (exact) mass is 517 g/mol. The van der Waals surface area contributed by atoms with Gasteiger partial charge in [-0.15, -0.1) is 0 Å². The maximum atomic E-state index is 11.9. The number of halogens is 1. The summed E-state index contributed by atoms with van der Waals surface area (Å²) < 4.78 is 1.54. The zero-order chi connectivity index (χ0) is 26.6. The first-order valence-corrected chi connectivity index (χ1v) is 12.0. The average molecular weight is 518 g/mol. The summed E-state index contributed by atoms with van der Waals surface area (Å²) in [5.74, 6) is 0.970. The molecule has 10 heteroatoms. The lowest BCUT2D eigenvalue weighted by Crippen LogP contribution is -2.22. The third-order valence-electron chi connectivity index (χ3n) is 5.48. The second-order valence-electron chi connectivity index (χ2n) is 9.26. The van der Waals surface area contributed by atoms with E-state index in [2.05, 4.69) is 15.3 Å². The molecule has 190 valence electrons. The smallest absolute Gasteiger partial charge is 0.250 e. The molecule has 4 aromatic rings. The van der Waals surface area contributed by atoms with Gasteiger partial charge in [-0.2, -0.15) is 0 Å². The minimum Gasteiger partial charge on any atom is -0.404 e. The molecule has 37 heavy (non-hydrogen) atoms. The Balaban J connectivity index is 1.78. The number of aliphatic hydroxyl groups is 1. The van der Waals surface area contributed by atoms with Gasteiger partial charge in [-0.3, -0.25) is 14.8 Å². The fourth-order valence-electron chi connectivity index (χ4n) is 3.62. The molecule has 0 saturated heterocycles. The van der Waals surface area contributed by atoms with Gasteiger partial charge in [-0.25, -0.2) is 9.97 Å². The molecule has 1 aromatic carbocycles. The standard InChI is InChI=1S/C27H28ClN7O2/c1-27(2,37)16-31-13-20(10-29)25-33-23-6-4-18(19-5-7-24(36)35(3)15-19)9-22(23)26(34-25)32-12-17-8-21(28)14-30-11-17/h4-11,13-15,37H,12,16,29H2,1-3H3,(H,32,33,34). The van der Waals surface area contributed by atoms with E-state index in [1.807, 2.05) is 24.3 Å². The minimum absolute atomic E-state index is 0.0812. The minimum atomic E-state index is -0.949. The Labute approximate surface area is 219 Å². The predicted octanol–water partition coefficient (Wildman–Crippen LogP) is 3.80. The highest BCUT2D eigenvalue weighted by molar-refractivity contribution is 6.30. The molecule has 0 bridgehead atoms. The van der Waals surface area contributed by atoms with Gasteiger partial charge in [0.2, 0.25) is 5.56 Å². The summed E-state index contributed by atoms with van der Waals surface area (Å²) in [6, 6.07) is 11.0. The third-order valence-corrected chi connectivity index (χ3v) is 5.69. The van der Waals surface area contributed by atoms with Gasteiger partial charge in [-0.1, -0.05) is 17.7 Å². The molecule has 4 rings (SSSR count). The summed E-state index contributed by atoms with van der Waals surface area (Å²) in [5.41, 5.74) is 8.75. The highest BCUT2D eigenvalue weighted by Gasteiger charge is 2.14. The van der Waals surface area contributed by atoms with E-state index in [0.717, 1.165) is 22.1 Å². The number of benzene rings is 1. The van der Waals surface area contributed by atoms with Crippen LogP contribution in [0.2, 0.25) is 5.02 Å². The van der Waals surface area contributed by atoms with Crippen LogP contribution < -0.4 is 16.6 Å². The summed E-state index contributed by atoms with van der Waals surface area (Å²) in [6.45, 7) is 3.99. The van der Waals surface area contributed by atoms with Gasteiger partial charge in [-0.05, 0) is 54.8 Å². The van der Waals surface area contributed by atoms with Crippen LogP contribution in [-0.2, 0) is 13.6 Å². The first kappa shape index (κ1) is 26.0. The van der Waals surface area contributed by atoms with Crippen LogP contribution in [0.15, 0.2) is 71.0 Å². The largest absolute Gasteiger partial charge is 0.404 e. The van der Waals surface area contributed by atoms with Gasteiger partial charge in [0, 0.05) is 56.1 Å². The van der Waals surface area contributed by atoms with Gasteiger partial charge in [0.1, 0.15) is 5.82 Å². The third kappa shape index (κ3) is 6.58. The van der Waals surface area contributed by atoms with Crippen LogP contribution in [0.4, 0.5) is 5.82 Å². The number of fused-ring (bicyclic) bond motifs is 1. The highest BCUT2D eigenvalue weighted by atomic mass is 35.5. The van der Waals surface area contributed by atoms with Crippen molar-refractivity contribution in [1.29, 1.82) is 0 Å². The second-order valence-corrected chi connectivity index (χ2v) is 9.70. The lowest BCUT2D eigenvalue weighted by molar-refractivity contribution is 0.0906. The molecule has 0 unspecified atom stereocenters. The van der Waals surface area contributed by atoms with Crippen LogP contribution in [0.5, 0.6) is 0 Å². The molecule has 0 aliphatic heterocycles. The molecular formula is C27H28ClN7O2. The van der Waals surface area contributed by atoms with E-state index in [-0.39, 0.29) is 12.1 Å². The summed E-state index contributed by atoms with van der Waals surface area (Å²) >= 11 is 6.11. The lowest BCUT2D eigenvalue weighted by atomic mass is 10.0. The van der Waals surface area contributed by atoms with Gasteiger partial charge in [0.05, 0.1) is 28.3 Å². The number of anilines is 1. The number of allylic oxidation sites excluding steroid dienone is 1. The van der Waals surface area contributed by atoms with Crippen LogP contribution in [0.3, 0.4) is 0 Å². The Kier molecular flexibility index (Phi) is 7.66.